The molecule has 0 spiro atoms. The summed E-state index contributed by atoms with van der Waals surface area (Å²) in [5.41, 5.74) is 5.10. The van der Waals surface area contributed by atoms with Crippen LogP contribution in [-0.4, -0.2) is 39.0 Å². The summed E-state index contributed by atoms with van der Waals surface area (Å²) in [5.74, 6) is 1.29. The minimum Gasteiger partial charge on any atom is -0.376 e. The number of para-hydroxylation sites is 1. The number of hydrogen-bond donors (Lipinski definition) is 2. The molecule has 0 bridgehead atoms. The summed E-state index contributed by atoms with van der Waals surface area (Å²) in [5, 5.41) is 12.3. The van der Waals surface area contributed by atoms with E-state index in [0.717, 1.165) is 47.7 Å². The zero-order valence-electron chi connectivity index (χ0n) is 17.8. The fraction of sp³-hybridized carbons (Fsp3) is 0.292. The maximum Gasteiger partial charge on any atom is 0.226 e. The third-order valence-electron chi connectivity index (χ3n) is 5.43. The normalized spacial score (nSPS) is 16.0. The van der Waals surface area contributed by atoms with Gasteiger partial charge in [0.05, 0.1) is 23.4 Å². The average molecular weight is 415 g/mol. The predicted octanol–water partition coefficient (Wildman–Crippen LogP) is 4.77. The Hall–Kier alpha value is -3.45. The Morgan fingerprint density at radius 3 is 2.61 bits per heavy atom. The van der Waals surface area contributed by atoms with Crippen molar-refractivity contribution >= 4 is 28.5 Å². The smallest absolute Gasteiger partial charge is 0.226 e. The van der Waals surface area contributed by atoms with Gasteiger partial charge in [-0.05, 0) is 62.1 Å². The number of fused-ring (bicyclic) bond motifs is 1. The maximum absolute atomic E-state index is 5.74. The molecule has 1 aliphatic rings. The SMILES string of the molecule is Cc1cc(C)cc(Nc2nc(NC[C@H]3CCCO3)nc3c2cnn3-c2ccccc2)c1. The van der Waals surface area contributed by atoms with Crippen molar-refractivity contribution in [3.8, 4) is 5.69 Å². The second kappa shape index (κ2) is 8.35. The van der Waals surface area contributed by atoms with Crippen LogP contribution >= 0.6 is 0 Å². The van der Waals surface area contributed by atoms with E-state index in [2.05, 4.69) is 47.8 Å². The van der Waals surface area contributed by atoms with Gasteiger partial charge in [0.15, 0.2) is 5.65 Å². The summed E-state index contributed by atoms with van der Waals surface area (Å²) in [7, 11) is 0. The van der Waals surface area contributed by atoms with Crippen molar-refractivity contribution in [2.24, 2.45) is 0 Å². The summed E-state index contributed by atoms with van der Waals surface area (Å²) in [4.78, 5) is 9.57. The number of anilines is 3. The Morgan fingerprint density at radius 1 is 1.06 bits per heavy atom. The van der Waals surface area contributed by atoms with Crippen molar-refractivity contribution in [3.63, 3.8) is 0 Å². The van der Waals surface area contributed by atoms with Crippen molar-refractivity contribution in [2.45, 2.75) is 32.8 Å². The van der Waals surface area contributed by atoms with Crippen LogP contribution in [0.25, 0.3) is 16.7 Å². The van der Waals surface area contributed by atoms with Gasteiger partial charge in [-0.2, -0.15) is 15.1 Å². The van der Waals surface area contributed by atoms with E-state index in [0.29, 0.717) is 12.5 Å². The quantitative estimate of drug-likeness (QED) is 0.473. The molecule has 1 atom stereocenters. The summed E-state index contributed by atoms with van der Waals surface area (Å²) >= 11 is 0. The first-order valence-electron chi connectivity index (χ1n) is 10.7. The lowest BCUT2D eigenvalue weighted by atomic mass is 10.1. The van der Waals surface area contributed by atoms with Crippen LogP contribution < -0.4 is 10.6 Å². The van der Waals surface area contributed by atoms with Gasteiger partial charge in [-0.3, -0.25) is 0 Å². The van der Waals surface area contributed by atoms with E-state index < -0.39 is 0 Å². The lowest BCUT2D eigenvalue weighted by Crippen LogP contribution is -2.20. The van der Waals surface area contributed by atoms with Gasteiger partial charge in [0.25, 0.3) is 0 Å². The van der Waals surface area contributed by atoms with Gasteiger partial charge >= 0.3 is 0 Å². The van der Waals surface area contributed by atoms with Crippen LogP contribution in [0.15, 0.2) is 54.7 Å². The maximum atomic E-state index is 5.74. The molecule has 1 fully saturated rings. The zero-order valence-corrected chi connectivity index (χ0v) is 17.8. The molecular formula is C24H26N6O. The highest BCUT2D eigenvalue weighted by atomic mass is 16.5. The summed E-state index contributed by atoms with van der Waals surface area (Å²) < 4.78 is 7.59. The minimum atomic E-state index is 0.203. The molecule has 2 aromatic heterocycles. The minimum absolute atomic E-state index is 0.203. The van der Waals surface area contributed by atoms with E-state index in [9.17, 15) is 0 Å². The van der Waals surface area contributed by atoms with Crippen LogP contribution in [0.1, 0.15) is 24.0 Å². The number of aromatic nitrogens is 4. The fourth-order valence-electron chi connectivity index (χ4n) is 4.03. The molecule has 0 radical (unpaired) electrons. The highest BCUT2D eigenvalue weighted by molar-refractivity contribution is 5.90. The Balaban J connectivity index is 1.55. The topological polar surface area (TPSA) is 76.9 Å². The van der Waals surface area contributed by atoms with E-state index in [1.165, 1.54) is 11.1 Å². The number of hydrogen-bond acceptors (Lipinski definition) is 6. The first-order chi connectivity index (χ1) is 15.2. The van der Waals surface area contributed by atoms with Crippen molar-refractivity contribution in [3.05, 3.63) is 65.9 Å². The van der Waals surface area contributed by atoms with Crippen molar-refractivity contribution in [1.82, 2.24) is 19.7 Å². The van der Waals surface area contributed by atoms with Crippen molar-refractivity contribution < 1.29 is 4.74 Å². The molecule has 5 rings (SSSR count). The van der Waals surface area contributed by atoms with E-state index in [1.807, 2.05) is 41.2 Å². The molecule has 0 unspecified atom stereocenters. The Bertz CT molecular complexity index is 1180. The molecule has 0 aliphatic carbocycles. The van der Waals surface area contributed by atoms with E-state index >= 15 is 0 Å². The van der Waals surface area contributed by atoms with Gasteiger partial charge in [-0.15, -0.1) is 0 Å². The Kier molecular flexibility index (Phi) is 5.26. The summed E-state index contributed by atoms with van der Waals surface area (Å²) in [6, 6.07) is 16.4. The predicted molar refractivity (Wildman–Crippen MR) is 123 cm³/mol. The molecule has 7 heteroatoms. The van der Waals surface area contributed by atoms with Crippen LogP contribution in [0.3, 0.4) is 0 Å². The standard InChI is InChI=1S/C24H26N6O/c1-16-11-17(2)13-18(12-16)27-22-21-15-26-30(19-7-4-3-5-8-19)23(21)29-24(28-22)25-14-20-9-6-10-31-20/h3-5,7-8,11-13,15,20H,6,9-10,14H2,1-2H3,(H2,25,27,28,29)/t20-/m1/s1. The van der Waals surface area contributed by atoms with Crippen molar-refractivity contribution in [1.29, 1.82) is 0 Å². The highest BCUT2D eigenvalue weighted by Crippen LogP contribution is 2.28. The van der Waals surface area contributed by atoms with Crippen LogP contribution in [-0.2, 0) is 4.74 Å². The van der Waals surface area contributed by atoms with Crippen molar-refractivity contribution in [2.75, 3.05) is 23.8 Å². The molecule has 1 saturated heterocycles. The number of benzene rings is 2. The second-order valence-electron chi connectivity index (χ2n) is 8.04. The molecule has 3 heterocycles. The molecule has 0 saturated carbocycles. The lowest BCUT2D eigenvalue weighted by Gasteiger charge is -2.14. The zero-order chi connectivity index (χ0) is 21.2. The summed E-state index contributed by atoms with van der Waals surface area (Å²) in [6.07, 6.45) is 4.18. The van der Waals surface area contributed by atoms with Gasteiger partial charge in [-0.1, -0.05) is 24.3 Å². The second-order valence-corrected chi connectivity index (χ2v) is 8.04. The Morgan fingerprint density at radius 2 is 1.87 bits per heavy atom. The number of ether oxygens (including phenoxy) is 1. The molecule has 4 aromatic rings. The number of nitrogens with zero attached hydrogens (tertiary/aromatic N) is 4. The molecule has 2 N–H and O–H groups in total. The fourth-order valence-corrected chi connectivity index (χ4v) is 4.03. The van der Waals surface area contributed by atoms with Gasteiger partial charge in [0, 0.05) is 18.8 Å². The van der Waals surface area contributed by atoms with Crippen LogP contribution in [0.5, 0.6) is 0 Å². The lowest BCUT2D eigenvalue weighted by molar-refractivity contribution is 0.120. The molecule has 1 aliphatic heterocycles. The van der Waals surface area contributed by atoms with Crippen LogP contribution in [0, 0.1) is 13.8 Å². The monoisotopic (exact) mass is 414 g/mol. The average Bonchev–Trinajstić information content (AvgIpc) is 3.42. The van der Waals surface area contributed by atoms with E-state index in [4.69, 9.17) is 14.7 Å². The molecule has 31 heavy (non-hydrogen) atoms. The molecule has 7 nitrogen and oxygen atoms in total. The van der Waals surface area contributed by atoms with Gasteiger partial charge in [-0.25, -0.2) is 4.68 Å². The third-order valence-corrected chi connectivity index (χ3v) is 5.43. The number of nitrogens with one attached hydrogen (secondary N) is 2. The van der Waals surface area contributed by atoms with Gasteiger partial charge < -0.3 is 15.4 Å². The van der Waals surface area contributed by atoms with Gasteiger partial charge in [0.1, 0.15) is 5.82 Å². The van der Waals surface area contributed by atoms with Crippen LogP contribution in [0.4, 0.5) is 17.5 Å². The molecule has 158 valence electrons. The number of rotatable bonds is 6. The molecular weight excluding hydrogens is 388 g/mol. The van der Waals surface area contributed by atoms with Crippen LogP contribution in [0.2, 0.25) is 0 Å². The van der Waals surface area contributed by atoms with Gasteiger partial charge in [0.2, 0.25) is 5.95 Å². The summed E-state index contributed by atoms with van der Waals surface area (Å²) in [6.45, 7) is 5.70. The first-order valence-corrected chi connectivity index (χ1v) is 10.7. The third kappa shape index (κ3) is 4.22. The number of aryl methyl sites for hydroxylation is 2. The molecule has 0 amide bonds. The first kappa shape index (κ1) is 19.5. The van der Waals surface area contributed by atoms with E-state index in [1.54, 1.807) is 0 Å². The largest absolute Gasteiger partial charge is 0.376 e. The highest BCUT2D eigenvalue weighted by Gasteiger charge is 2.18. The van der Waals surface area contributed by atoms with E-state index in [-0.39, 0.29) is 6.10 Å². The molecule has 2 aromatic carbocycles. The Labute approximate surface area is 181 Å².